The van der Waals surface area contributed by atoms with E-state index in [2.05, 4.69) is 94.9 Å². The van der Waals surface area contributed by atoms with Crippen LogP contribution in [0.1, 0.15) is 35.6 Å². The van der Waals surface area contributed by atoms with Gasteiger partial charge < -0.3 is 19.8 Å². The maximum atomic E-state index is 11.3. The standard InChI is InChI=1S/C48H36N4O3/c53-44(54)21-12-30-55-43-20-11-10-19-34(43)48-41-28-26-39(51-41)46(32-15-6-2-7-16-32)37-24-22-35(49-37)45(31-13-4-1-5-14-31)36-23-25-38(50-36)47(33-17-8-3-9-18-33)40-27-29-42(48)52-40/h1-11,13-20,22-29,49-50H,12,21,30H2,(H,53,54). The first-order valence-corrected chi connectivity index (χ1v) is 18.4. The molecule has 2 aliphatic heterocycles. The molecule has 4 aromatic carbocycles. The quantitative estimate of drug-likeness (QED) is 0.129. The highest BCUT2D eigenvalue weighted by Gasteiger charge is 2.21. The summed E-state index contributed by atoms with van der Waals surface area (Å²) in [7, 11) is 0. The van der Waals surface area contributed by atoms with Crippen LogP contribution in [0.5, 0.6) is 5.75 Å². The van der Waals surface area contributed by atoms with E-state index in [9.17, 15) is 9.90 Å². The Morgan fingerprint density at radius 1 is 0.491 bits per heavy atom. The van der Waals surface area contributed by atoms with Crippen molar-refractivity contribution in [1.82, 2.24) is 19.9 Å². The molecule has 0 radical (unpaired) electrons. The lowest BCUT2D eigenvalue weighted by Crippen LogP contribution is -2.03. The van der Waals surface area contributed by atoms with E-state index in [-0.39, 0.29) is 13.0 Å². The summed E-state index contributed by atoms with van der Waals surface area (Å²) in [6, 6.07) is 47.5. The number of hydrogen-bond donors (Lipinski definition) is 3. The molecule has 3 N–H and O–H groups in total. The molecule has 266 valence electrons. The van der Waals surface area contributed by atoms with Gasteiger partial charge in [-0.25, -0.2) is 9.97 Å². The first-order valence-electron chi connectivity index (χ1n) is 18.4. The van der Waals surface area contributed by atoms with E-state index >= 15 is 0 Å². The van der Waals surface area contributed by atoms with Crippen LogP contribution in [0.15, 0.2) is 140 Å². The maximum absolute atomic E-state index is 11.3. The van der Waals surface area contributed by atoms with Crippen LogP contribution in [0.3, 0.4) is 0 Å². The van der Waals surface area contributed by atoms with Gasteiger partial charge >= 0.3 is 5.97 Å². The van der Waals surface area contributed by atoms with Crippen molar-refractivity contribution < 1.29 is 14.6 Å². The van der Waals surface area contributed by atoms with E-state index in [4.69, 9.17) is 14.7 Å². The molecule has 0 unspecified atom stereocenters. The predicted molar refractivity (Wildman–Crippen MR) is 223 cm³/mol. The molecule has 2 aliphatic rings. The molecular weight excluding hydrogens is 681 g/mol. The van der Waals surface area contributed by atoms with E-state index in [1.54, 1.807) is 0 Å². The first kappa shape index (κ1) is 33.6. The number of aliphatic carboxylic acids is 1. The van der Waals surface area contributed by atoms with Gasteiger partial charge in [0, 0.05) is 56.3 Å². The molecule has 5 heterocycles. The average molecular weight is 717 g/mol. The highest BCUT2D eigenvalue weighted by molar-refractivity contribution is 6.00. The Kier molecular flexibility index (Phi) is 8.94. The van der Waals surface area contributed by atoms with Crippen LogP contribution in [-0.4, -0.2) is 37.6 Å². The lowest BCUT2D eigenvalue weighted by atomic mass is 10.0. The summed E-state index contributed by atoms with van der Waals surface area (Å²) < 4.78 is 6.28. The van der Waals surface area contributed by atoms with Crippen molar-refractivity contribution in [1.29, 1.82) is 0 Å². The Morgan fingerprint density at radius 3 is 1.36 bits per heavy atom. The lowest BCUT2D eigenvalue weighted by molar-refractivity contribution is -0.137. The molecule has 0 fully saturated rings. The van der Waals surface area contributed by atoms with Crippen LogP contribution >= 0.6 is 0 Å². The smallest absolute Gasteiger partial charge is 0.303 e. The zero-order chi connectivity index (χ0) is 37.1. The van der Waals surface area contributed by atoms with Crippen molar-refractivity contribution in [2.45, 2.75) is 12.8 Å². The summed E-state index contributed by atoms with van der Waals surface area (Å²) in [5, 5.41) is 9.24. The monoisotopic (exact) mass is 716 g/mol. The Hall–Kier alpha value is -7.25. The number of nitrogens with zero attached hydrogens (tertiary/aromatic N) is 2. The molecule has 9 rings (SSSR count). The number of aromatic nitrogens is 4. The zero-order valence-corrected chi connectivity index (χ0v) is 29.9. The van der Waals surface area contributed by atoms with Crippen LogP contribution in [0.4, 0.5) is 0 Å². The number of hydrogen-bond acceptors (Lipinski definition) is 4. The second kappa shape index (κ2) is 14.6. The molecule has 0 saturated heterocycles. The molecule has 0 aliphatic carbocycles. The van der Waals surface area contributed by atoms with Crippen LogP contribution in [0.2, 0.25) is 0 Å². The van der Waals surface area contributed by atoms with Gasteiger partial charge in [-0.2, -0.15) is 0 Å². The van der Waals surface area contributed by atoms with Crippen LogP contribution in [-0.2, 0) is 4.79 Å². The molecule has 7 aromatic rings. The number of para-hydroxylation sites is 1. The van der Waals surface area contributed by atoms with Gasteiger partial charge in [0.15, 0.2) is 0 Å². The SMILES string of the molecule is O=C(O)CCCOc1ccccc1-c1c2nc(c(-c3ccccc3)c3ccc([nH]3)c(-c3ccccc3)c3ccc([nH]3)c(-c3ccccc3)c3nc1C=C3)C=C2. The van der Waals surface area contributed by atoms with E-state index in [1.165, 1.54) is 0 Å². The second-order valence-corrected chi connectivity index (χ2v) is 13.4. The summed E-state index contributed by atoms with van der Waals surface area (Å²) in [6.07, 6.45) is 8.65. The summed E-state index contributed by atoms with van der Waals surface area (Å²) >= 11 is 0. The second-order valence-electron chi connectivity index (χ2n) is 13.4. The molecule has 3 aromatic heterocycles. The Labute approximate surface area is 318 Å². The maximum Gasteiger partial charge on any atom is 0.303 e. The fraction of sp³-hybridized carbons (Fsp3) is 0.0625. The van der Waals surface area contributed by atoms with Crippen LogP contribution < -0.4 is 4.74 Å². The third-order valence-electron chi connectivity index (χ3n) is 9.89. The molecule has 55 heavy (non-hydrogen) atoms. The van der Waals surface area contributed by atoms with E-state index in [0.717, 1.165) is 89.4 Å². The summed E-state index contributed by atoms with van der Waals surface area (Å²) in [4.78, 5) is 29.6. The van der Waals surface area contributed by atoms with Crippen molar-refractivity contribution >= 4 is 52.3 Å². The third-order valence-corrected chi connectivity index (χ3v) is 9.89. The summed E-state index contributed by atoms with van der Waals surface area (Å²) in [6.45, 7) is 0.264. The first-order chi connectivity index (χ1) is 27.1. The molecule has 8 bridgehead atoms. The fourth-order valence-electron chi connectivity index (χ4n) is 7.42. The number of nitrogens with one attached hydrogen (secondary N) is 2. The topological polar surface area (TPSA) is 104 Å². The van der Waals surface area contributed by atoms with Crippen molar-refractivity contribution in [3.63, 3.8) is 0 Å². The number of rotatable bonds is 9. The van der Waals surface area contributed by atoms with E-state index in [1.807, 2.05) is 78.9 Å². The molecule has 7 nitrogen and oxygen atoms in total. The van der Waals surface area contributed by atoms with Gasteiger partial charge in [-0.05, 0) is 77.7 Å². The zero-order valence-electron chi connectivity index (χ0n) is 29.9. The highest BCUT2D eigenvalue weighted by atomic mass is 16.5. The largest absolute Gasteiger partial charge is 0.493 e. The van der Waals surface area contributed by atoms with Crippen LogP contribution in [0, 0.1) is 0 Å². The molecule has 0 atom stereocenters. The number of carbonyl (C=O) groups is 1. The lowest BCUT2D eigenvalue weighted by Gasteiger charge is -2.13. The minimum atomic E-state index is -0.848. The van der Waals surface area contributed by atoms with E-state index in [0.29, 0.717) is 12.2 Å². The number of H-pyrrole nitrogens is 2. The van der Waals surface area contributed by atoms with Gasteiger partial charge in [-0.3, -0.25) is 4.79 Å². The summed E-state index contributed by atoms with van der Waals surface area (Å²) in [5.41, 5.74) is 14.7. The highest BCUT2D eigenvalue weighted by Crippen LogP contribution is 2.40. The number of carboxylic acid groups (broad SMARTS) is 1. The Balaban J connectivity index is 1.41. The molecule has 0 amide bonds. The number of aromatic amines is 2. The number of ether oxygens (including phenoxy) is 1. The summed E-state index contributed by atoms with van der Waals surface area (Å²) in [5.74, 6) is -0.211. The third kappa shape index (κ3) is 6.64. The van der Waals surface area contributed by atoms with Gasteiger partial charge in [0.05, 0.1) is 29.4 Å². The minimum Gasteiger partial charge on any atom is -0.493 e. The average Bonchev–Trinajstić information content (AvgIpc) is 4.06. The fourth-order valence-corrected chi connectivity index (χ4v) is 7.42. The van der Waals surface area contributed by atoms with E-state index < -0.39 is 5.97 Å². The molecular formula is C48H36N4O3. The normalized spacial score (nSPS) is 11.9. The molecule has 0 spiro atoms. The van der Waals surface area contributed by atoms with Gasteiger partial charge in [-0.15, -0.1) is 0 Å². The molecule has 0 saturated carbocycles. The number of fused-ring (bicyclic) bond motifs is 8. The molecule has 7 heteroatoms. The van der Waals surface area contributed by atoms with Crippen LogP contribution in [0.25, 0.3) is 90.9 Å². The minimum absolute atomic E-state index is 0.0297. The Bertz CT molecular complexity index is 2640. The van der Waals surface area contributed by atoms with Crippen molar-refractivity contribution in [2.24, 2.45) is 0 Å². The van der Waals surface area contributed by atoms with Crippen molar-refractivity contribution in [2.75, 3.05) is 6.61 Å². The predicted octanol–water partition coefficient (Wildman–Crippen LogP) is 11.6. The number of carboxylic acids is 1. The van der Waals surface area contributed by atoms with Gasteiger partial charge in [0.2, 0.25) is 0 Å². The van der Waals surface area contributed by atoms with Gasteiger partial charge in [0.25, 0.3) is 0 Å². The number of benzene rings is 4. The van der Waals surface area contributed by atoms with Gasteiger partial charge in [0.1, 0.15) is 5.75 Å². The van der Waals surface area contributed by atoms with Gasteiger partial charge in [-0.1, -0.05) is 109 Å². The van der Waals surface area contributed by atoms with Crippen molar-refractivity contribution in [3.8, 4) is 50.3 Å². The van der Waals surface area contributed by atoms with Crippen molar-refractivity contribution in [3.05, 3.63) is 162 Å². The Morgan fingerprint density at radius 2 is 0.891 bits per heavy atom.